The minimum absolute atomic E-state index is 0.0462. The van der Waals surface area contributed by atoms with Crippen molar-refractivity contribution < 1.29 is 4.79 Å². The summed E-state index contributed by atoms with van der Waals surface area (Å²) in [6.07, 6.45) is 3.52. The van der Waals surface area contributed by atoms with Crippen LogP contribution in [0, 0.1) is 6.92 Å². The zero-order valence-corrected chi connectivity index (χ0v) is 24.0. The summed E-state index contributed by atoms with van der Waals surface area (Å²) in [5.41, 5.74) is 18.0. The molecule has 5 aromatic rings. The molecule has 1 amide bonds. The molecule has 0 bridgehead atoms. The number of aromatic nitrogens is 4. The number of nitrogens with one attached hydrogen (secondary N) is 2. The summed E-state index contributed by atoms with van der Waals surface area (Å²) in [5.74, 6) is 0.448. The van der Waals surface area contributed by atoms with Crippen molar-refractivity contribution in [3.8, 4) is 16.8 Å². The number of benzene rings is 2. The molecular weight excluding hydrogens is 542 g/mol. The van der Waals surface area contributed by atoms with Crippen molar-refractivity contribution in [1.29, 1.82) is 0 Å². The monoisotopic (exact) mass is 575 g/mol. The van der Waals surface area contributed by atoms with E-state index in [9.17, 15) is 9.59 Å². The second-order valence-corrected chi connectivity index (χ2v) is 10.6. The molecule has 11 heteroatoms. The van der Waals surface area contributed by atoms with Crippen LogP contribution >= 0.6 is 0 Å². The third-order valence-electron chi connectivity index (χ3n) is 8.04. The van der Waals surface area contributed by atoms with Crippen molar-refractivity contribution >= 4 is 28.8 Å². The van der Waals surface area contributed by atoms with Crippen LogP contribution in [0.15, 0.2) is 82.8 Å². The Labute approximate surface area is 248 Å². The van der Waals surface area contributed by atoms with Crippen LogP contribution in [0.5, 0.6) is 0 Å². The van der Waals surface area contributed by atoms with Crippen LogP contribution in [0.2, 0.25) is 0 Å². The van der Waals surface area contributed by atoms with Gasteiger partial charge in [-0.05, 0) is 74.8 Å². The number of fused-ring (bicyclic) bond motifs is 1. The van der Waals surface area contributed by atoms with E-state index in [2.05, 4.69) is 31.8 Å². The molecule has 1 saturated heterocycles. The standard InChI is InChI=1S/C32H33N9O2/c1-19-24(29(33)35-2)16-26(32(43)40(19)23-6-4-3-5-7-23)31(42)39-22-10-8-20(9-11-22)25-17-27(21-12-14-36-15-13-21)41-28(25)30(34)37-18-38-41/h3-11,16-18,21,36H,12-15H2,1-2H3,(H2,33,35)(H,39,42)(H2,34,37,38). The molecule has 6 N–H and O–H groups in total. The van der Waals surface area contributed by atoms with E-state index in [1.807, 2.05) is 34.8 Å². The topological polar surface area (TPSA) is 158 Å². The number of amidine groups is 1. The minimum Gasteiger partial charge on any atom is -0.383 e. The van der Waals surface area contributed by atoms with E-state index < -0.39 is 11.5 Å². The van der Waals surface area contributed by atoms with Gasteiger partial charge in [0.1, 0.15) is 23.2 Å². The molecule has 0 spiro atoms. The average molecular weight is 576 g/mol. The Morgan fingerprint density at radius 2 is 1.77 bits per heavy atom. The number of para-hydroxylation sites is 1. The normalized spacial score (nSPS) is 14.2. The molecule has 0 unspecified atom stereocenters. The van der Waals surface area contributed by atoms with Gasteiger partial charge >= 0.3 is 0 Å². The molecule has 0 radical (unpaired) electrons. The van der Waals surface area contributed by atoms with Crippen LogP contribution < -0.4 is 27.7 Å². The summed E-state index contributed by atoms with van der Waals surface area (Å²) < 4.78 is 3.39. The predicted molar refractivity (Wildman–Crippen MR) is 169 cm³/mol. The second kappa shape index (κ2) is 11.5. The van der Waals surface area contributed by atoms with Crippen molar-refractivity contribution in [2.75, 3.05) is 31.2 Å². The van der Waals surface area contributed by atoms with Gasteiger partial charge in [-0.3, -0.25) is 19.1 Å². The van der Waals surface area contributed by atoms with Gasteiger partial charge in [0.15, 0.2) is 5.82 Å². The van der Waals surface area contributed by atoms with E-state index in [1.165, 1.54) is 17.0 Å². The Balaban J connectivity index is 1.34. The zero-order chi connectivity index (χ0) is 30.1. The number of carbonyl (C=O) groups is 1. The highest BCUT2D eigenvalue weighted by molar-refractivity contribution is 6.07. The van der Waals surface area contributed by atoms with Gasteiger partial charge in [-0.2, -0.15) is 5.10 Å². The Morgan fingerprint density at radius 1 is 1.05 bits per heavy atom. The van der Waals surface area contributed by atoms with Crippen LogP contribution in [0.4, 0.5) is 11.5 Å². The van der Waals surface area contributed by atoms with E-state index in [0.29, 0.717) is 34.4 Å². The van der Waals surface area contributed by atoms with Gasteiger partial charge in [-0.1, -0.05) is 30.3 Å². The molecule has 1 aliphatic heterocycles. The lowest BCUT2D eigenvalue weighted by Gasteiger charge is -2.22. The summed E-state index contributed by atoms with van der Waals surface area (Å²) >= 11 is 0. The number of piperidine rings is 1. The van der Waals surface area contributed by atoms with E-state index in [0.717, 1.165) is 48.3 Å². The molecule has 3 aromatic heterocycles. The average Bonchev–Trinajstić information content (AvgIpc) is 3.43. The SMILES string of the molecule is CN=C(N)c1cc(C(=O)Nc2ccc(-c3cc(C4CCNCC4)n4ncnc(N)c34)cc2)c(=O)n(-c2ccccc2)c1C. The smallest absolute Gasteiger partial charge is 0.268 e. The number of rotatable bonds is 6. The van der Waals surface area contributed by atoms with Gasteiger partial charge in [0.25, 0.3) is 11.5 Å². The molecule has 2 aromatic carbocycles. The summed E-state index contributed by atoms with van der Waals surface area (Å²) in [4.78, 5) is 35.4. The third kappa shape index (κ3) is 5.15. The first kappa shape index (κ1) is 27.9. The van der Waals surface area contributed by atoms with Crippen LogP contribution in [0.1, 0.15) is 46.1 Å². The maximum absolute atomic E-state index is 13.6. The highest BCUT2D eigenvalue weighted by atomic mass is 16.2. The molecule has 1 fully saturated rings. The second-order valence-electron chi connectivity index (χ2n) is 10.6. The number of nitrogens with zero attached hydrogens (tertiary/aromatic N) is 5. The number of aliphatic imine (C=N–C) groups is 1. The fraction of sp³-hybridized carbons (Fsp3) is 0.219. The van der Waals surface area contributed by atoms with Crippen molar-refractivity contribution in [3.05, 3.63) is 106 Å². The molecule has 11 nitrogen and oxygen atoms in total. The van der Waals surface area contributed by atoms with Crippen molar-refractivity contribution in [2.24, 2.45) is 10.7 Å². The van der Waals surface area contributed by atoms with E-state index >= 15 is 0 Å². The first-order valence-corrected chi connectivity index (χ1v) is 14.2. The number of carbonyl (C=O) groups excluding carboxylic acids is 1. The Bertz CT molecular complexity index is 1900. The van der Waals surface area contributed by atoms with Crippen LogP contribution in [0.3, 0.4) is 0 Å². The quantitative estimate of drug-likeness (QED) is 0.178. The molecule has 218 valence electrons. The molecule has 6 rings (SSSR count). The Hall–Kier alpha value is -5.29. The van der Waals surface area contributed by atoms with Crippen molar-refractivity contribution in [2.45, 2.75) is 25.7 Å². The van der Waals surface area contributed by atoms with Crippen LogP contribution in [0.25, 0.3) is 22.3 Å². The number of nitrogens with two attached hydrogens (primary N) is 2. The van der Waals surface area contributed by atoms with Crippen LogP contribution in [-0.2, 0) is 0 Å². The van der Waals surface area contributed by atoms with E-state index in [1.54, 1.807) is 38.2 Å². The fourth-order valence-corrected chi connectivity index (χ4v) is 5.79. The maximum atomic E-state index is 13.6. The van der Waals surface area contributed by atoms with Gasteiger partial charge in [0.2, 0.25) is 0 Å². The number of hydrogen-bond donors (Lipinski definition) is 4. The first-order chi connectivity index (χ1) is 20.9. The summed E-state index contributed by atoms with van der Waals surface area (Å²) in [6.45, 7) is 3.69. The predicted octanol–water partition coefficient (Wildman–Crippen LogP) is 3.49. The highest BCUT2D eigenvalue weighted by Crippen LogP contribution is 2.36. The lowest BCUT2D eigenvalue weighted by atomic mass is 9.94. The van der Waals surface area contributed by atoms with E-state index in [-0.39, 0.29) is 11.4 Å². The maximum Gasteiger partial charge on any atom is 0.268 e. The molecule has 0 atom stereocenters. The van der Waals surface area contributed by atoms with Crippen molar-refractivity contribution in [3.63, 3.8) is 0 Å². The number of nitrogen functional groups attached to an aromatic ring is 1. The molecule has 0 aliphatic carbocycles. The molecule has 0 saturated carbocycles. The lowest BCUT2D eigenvalue weighted by Crippen LogP contribution is -2.32. The van der Waals surface area contributed by atoms with Gasteiger partial charge < -0.3 is 22.1 Å². The van der Waals surface area contributed by atoms with Crippen molar-refractivity contribution in [1.82, 2.24) is 24.5 Å². The number of anilines is 2. The van der Waals surface area contributed by atoms with Gasteiger partial charge in [0.05, 0.1) is 0 Å². The zero-order valence-electron chi connectivity index (χ0n) is 24.0. The Morgan fingerprint density at radius 3 is 2.47 bits per heavy atom. The van der Waals surface area contributed by atoms with Gasteiger partial charge in [0, 0.05) is 46.9 Å². The fourth-order valence-electron chi connectivity index (χ4n) is 5.79. The number of pyridine rings is 1. The first-order valence-electron chi connectivity index (χ1n) is 14.2. The van der Waals surface area contributed by atoms with E-state index in [4.69, 9.17) is 11.5 Å². The molecule has 1 aliphatic rings. The molecule has 43 heavy (non-hydrogen) atoms. The molecular formula is C32H33N9O2. The Kier molecular flexibility index (Phi) is 7.47. The molecule has 4 heterocycles. The summed E-state index contributed by atoms with van der Waals surface area (Å²) in [6, 6.07) is 20.2. The number of amides is 1. The largest absolute Gasteiger partial charge is 0.383 e. The number of hydrogen-bond acceptors (Lipinski definition) is 7. The van der Waals surface area contributed by atoms with Crippen LogP contribution in [-0.4, -0.2) is 51.0 Å². The van der Waals surface area contributed by atoms with Gasteiger partial charge in [-0.25, -0.2) is 9.50 Å². The third-order valence-corrected chi connectivity index (χ3v) is 8.04. The lowest BCUT2D eigenvalue weighted by molar-refractivity contribution is 0.102. The minimum atomic E-state index is -0.548. The van der Waals surface area contributed by atoms with Gasteiger partial charge in [-0.15, -0.1) is 0 Å². The highest BCUT2D eigenvalue weighted by Gasteiger charge is 2.24. The summed E-state index contributed by atoms with van der Waals surface area (Å²) in [7, 11) is 1.57. The summed E-state index contributed by atoms with van der Waals surface area (Å²) in [5, 5.41) is 10.8.